The van der Waals surface area contributed by atoms with Crippen molar-refractivity contribution in [1.29, 1.82) is 0 Å². The maximum Gasteiger partial charge on any atom is 0.176 e. The quantitative estimate of drug-likeness (QED) is 0.878. The number of hydrogen-bond donors (Lipinski definition) is 1. The Hall–Kier alpha value is -1.04. The third kappa shape index (κ3) is 1.93. The van der Waals surface area contributed by atoms with E-state index in [1.165, 1.54) is 0 Å². The molecule has 4 nitrogen and oxygen atoms in total. The average molecular weight is 286 g/mol. The topological polar surface area (TPSA) is 57.6 Å². The lowest BCUT2D eigenvalue weighted by Crippen LogP contribution is -2.04. The van der Waals surface area contributed by atoms with Crippen molar-refractivity contribution in [2.45, 2.75) is 6.42 Å². The third-order valence-corrected chi connectivity index (χ3v) is 3.36. The molecule has 0 radical (unpaired) electrons. The van der Waals surface area contributed by atoms with Crippen LogP contribution >= 0.6 is 15.9 Å². The van der Waals surface area contributed by atoms with E-state index in [1.807, 2.05) is 12.1 Å². The zero-order valence-electron chi connectivity index (χ0n) is 8.83. The summed E-state index contributed by atoms with van der Waals surface area (Å²) >= 11 is 3.54. The van der Waals surface area contributed by atoms with Crippen molar-refractivity contribution in [2.75, 3.05) is 13.7 Å². The molecule has 0 amide bonds. The predicted molar refractivity (Wildman–Crippen MR) is 64.3 cm³/mol. The minimum absolute atomic E-state index is 0.463. The number of rotatable bonds is 4. The van der Waals surface area contributed by atoms with Crippen LogP contribution in [0.3, 0.4) is 0 Å². The molecule has 5 heteroatoms. The second kappa shape index (κ2) is 4.86. The molecule has 0 fully saturated rings. The third-order valence-electron chi connectivity index (χ3n) is 2.42. The first-order valence-electron chi connectivity index (χ1n) is 4.82. The van der Waals surface area contributed by atoms with E-state index in [4.69, 9.17) is 15.1 Å². The van der Waals surface area contributed by atoms with Crippen LogP contribution in [0.2, 0.25) is 0 Å². The summed E-state index contributed by atoms with van der Waals surface area (Å²) in [7, 11) is 1.62. The van der Waals surface area contributed by atoms with Crippen molar-refractivity contribution < 1.29 is 14.0 Å². The van der Waals surface area contributed by atoms with Crippen LogP contribution < -0.4 is 10.6 Å². The summed E-state index contributed by atoms with van der Waals surface area (Å²) in [5.41, 5.74) is 1.82. The molecule has 0 bridgehead atoms. The van der Waals surface area contributed by atoms with E-state index in [1.54, 1.807) is 13.4 Å². The molecule has 1 aromatic heterocycles. The van der Waals surface area contributed by atoms with Crippen LogP contribution in [0.1, 0.15) is 5.56 Å². The summed E-state index contributed by atoms with van der Waals surface area (Å²) < 4.78 is 11.6. The number of methoxy groups -OCH3 is 1. The summed E-state index contributed by atoms with van der Waals surface area (Å²) in [6.45, 7) is 0.463. The second-order valence-corrected chi connectivity index (χ2v) is 4.13. The molecule has 16 heavy (non-hydrogen) atoms. The van der Waals surface area contributed by atoms with Gasteiger partial charge in [0.25, 0.3) is 0 Å². The molecule has 0 spiro atoms. The highest BCUT2D eigenvalue weighted by molar-refractivity contribution is 9.10. The van der Waals surface area contributed by atoms with Gasteiger partial charge in [0, 0.05) is 9.86 Å². The first kappa shape index (κ1) is 11.4. The zero-order valence-corrected chi connectivity index (χ0v) is 10.4. The van der Waals surface area contributed by atoms with Crippen molar-refractivity contribution >= 4 is 26.9 Å². The molecule has 2 N–H and O–H groups in total. The molecular formula is C11H12BrNO3. The maximum absolute atomic E-state index is 5.37. The lowest BCUT2D eigenvalue weighted by atomic mass is 10.1. The normalized spacial score (nSPS) is 10.9. The fraction of sp³-hybridized carbons (Fsp3) is 0.273. The van der Waals surface area contributed by atoms with E-state index in [0.717, 1.165) is 26.8 Å². The molecule has 0 aliphatic heterocycles. The van der Waals surface area contributed by atoms with Gasteiger partial charge in [-0.1, -0.05) is 0 Å². The molecule has 1 heterocycles. The standard InChI is InChI=1S/C11H12BrNO3/c1-14-9-6-7(2-5-16-13)10(12)8-3-4-15-11(8)9/h3-4,6H,2,5,13H2,1H3. The molecule has 86 valence electrons. The Morgan fingerprint density at radius 3 is 3.00 bits per heavy atom. The van der Waals surface area contributed by atoms with Gasteiger partial charge < -0.3 is 14.0 Å². The summed E-state index contributed by atoms with van der Waals surface area (Å²) in [6, 6.07) is 3.82. The van der Waals surface area contributed by atoms with E-state index >= 15 is 0 Å². The number of ether oxygens (including phenoxy) is 1. The molecule has 2 aromatic rings. The SMILES string of the molecule is COc1cc(CCON)c(Br)c2ccoc12. The molecule has 2 rings (SSSR count). The Balaban J connectivity index is 2.52. The van der Waals surface area contributed by atoms with Gasteiger partial charge in [-0.05, 0) is 40.0 Å². The summed E-state index contributed by atoms with van der Waals surface area (Å²) in [5.74, 6) is 5.74. The lowest BCUT2D eigenvalue weighted by Gasteiger charge is -2.08. The minimum Gasteiger partial charge on any atom is -0.493 e. The number of halogens is 1. The number of fused-ring (bicyclic) bond motifs is 1. The molecule has 0 unspecified atom stereocenters. The molecule has 0 saturated heterocycles. The van der Waals surface area contributed by atoms with Crippen LogP contribution in [0.5, 0.6) is 5.75 Å². The zero-order chi connectivity index (χ0) is 11.5. The summed E-state index contributed by atoms with van der Waals surface area (Å²) in [6.07, 6.45) is 2.36. The van der Waals surface area contributed by atoms with Crippen molar-refractivity contribution in [3.05, 3.63) is 28.4 Å². The van der Waals surface area contributed by atoms with Crippen LogP contribution in [0.15, 0.2) is 27.3 Å². The number of benzene rings is 1. The van der Waals surface area contributed by atoms with Gasteiger partial charge in [-0.2, -0.15) is 0 Å². The average Bonchev–Trinajstić information content (AvgIpc) is 2.78. The summed E-state index contributed by atoms with van der Waals surface area (Å²) in [5, 5.41) is 0.992. The van der Waals surface area contributed by atoms with Gasteiger partial charge in [-0.25, -0.2) is 5.90 Å². The molecule has 0 aliphatic rings. The fourth-order valence-corrected chi connectivity index (χ4v) is 2.26. The Morgan fingerprint density at radius 2 is 2.31 bits per heavy atom. The highest BCUT2D eigenvalue weighted by Gasteiger charge is 2.13. The van der Waals surface area contributed by atoms with Crippen molar-refractivity contribution in [3.8, 4) is 5.75 Å². The van der Waals surface area contributed by atoms with Gasteiger partial charge >= 0.3 is 0 Å². The second-order valence-electron chi connectivity index (χ2n) is 3.34. The van der Waals surface area contributed by atoms with Crippen molar-refractivity contribution in [1.82, 2.24) is 0 Å². The Kier molecular flexibility index (Phi) is 3.48. The van der Waals surface area contributed by atoms with Crippen LogP contribution in [0, 0.1) is 0 Å². The predicted octanol–water partition coefficient (Wildman–Crippen LogP) is 2.64. The monoisotopic (exact) mass is 285 g/mol. The molecular weight excluding hydrogens is 274 g/mol. The van der Waals surface area contributed by atoms with Gasteiger partial charge in [0.1, 0.15) is 0 Å². The number of furan rings is 1. The highest BCUT2D eigenvalue weighted by atomic mass is 79.9. The Morgan fingerprint density at radius 1 is 1.50 bits per heavy atom. The molecule has 0 aliphatic carbocycles. The van der Waals surface area contributed by atoms with E-state index in [2.05, 4.69) is 20.8 Å². The maximum atomic E-state index is 5.37. The van der Waals surface area contributed by atoms with Gasteiger partial charge in [0.15, 0.2) is 11.3 Å². The van der Waals surface area contributed by atoms with Crippen LogP contribution in [-0.2, 0) is 11.3 Å². The first-order chi connectivity index (χ1) is 7.77. The van der Waals surface area contributed by atoms with Gasteiger partial charge in [0.2, 0.25) is 0 Å². The van der Waals surface area contributed by atoms with Crippen LogP contribution in [0.25, 0.3) is 11.0 Å². The van der Waals surface area contributed by atoms with Gasteiger partial charge in [-0.3, -0.25) is 0 Å². The largest absolute Gasteiger partial charge is 0.493 e. The molecule has 0 saturated carbocycles. The minimum atomic E-state index is 0.463. The number of hydrogen-bond acceptors (Lipinski definition) is 4. The highest BCUT2D eigenvalue weighted by Crippen LogP contribution is 2.35. The van der Waals surface area contributed by atoms with Gasteiger partial charge in [0.05, 0.1) is 20.0 Å². The van der Waals surface area contributed by atoms with Gasteiger partial charge in [-0.15, -0.1) is 0 Å². The molecule has 1 aromatic carbocycles. The van der Waals surface area contributed by atoms with Crippen molar-refractivity contribution in [3.63, 3.8) is 0 Å². The van der Waals surface area contributed by atoms with E-state index in [0.29, 0.717) is 13.0 Å². The first-order valence-corrected chi connectivity index (χ1v) is 5.61. The smallest absolute Gasteiger partial charge is 0.176 e. The number of nitrogens with two attached hydrogens (primary N) is 1. The lowest BCUT2D eigenvalue weighted by molar-refractivity contribution is 0.141. The Bertz CT molecular complexity index is 495. The fourth-order valence-electron chi connectivity index (χ4n) is 1.64. The van der Waals surface area contributed by atoms with E-state index in [-0.39, 0.29) is 0 Å². The van der Waals surface area contributed by atoms with E-state index < -0.39 is 0 Å². The van der Waals surface area contributed by atoms with Crippen LogP contribution in [0.4, 0.5) is 0 Å². The van der Waals surface area contributed by atoms with Crippen molar-refractivity contribution in [2.24, 2.45) is 5.90 Å². The van der Waals surface area contributed by atoms with Crippen LogP contribution in [-0.4, -0.2) is 13.7 Å². The molecule has 0 atom stereocenters. The Labute approximate surface area is 101 Å². The van der Waals surface area contributed by atoms with E-state index in [9.17, 15) is 0 Å². The summed E-state index contributed by atoms with van der Waals surface area (Å²) in [4.78, 5) is 4.58.